The van der Waals surface area contributed by atoms with E-state index in [0.717, 1.165) is 23.3 Å². The van der Waals surface area contributed by atoms with Gasteiger partial charge in [0.1, 0.15) is 0 Å². The van der Waals surface area contributed by atoms with Crippen molar-refractivity contribution in [2.24, 2.45) is 0 Å². The zero-order valence-corrected chi connectivity index (χ0v) is 34.5. The standard InChI is InChI=1S/C44H47INOPSSi/c1-35(33-37-34-49-36(2)46-37)43(47-50(44(3,4)5,41-27-17-9-18-28-41)42-29-19-10-20-30-42)31-32-48(45,38-21-11-6-12-22-38,39-23-13-7-14-24-39)40-25-15-8-16-26-40/h6-30,33-34,43H,31-32H2,1-5H3/b35-33+/t43-/m0/s1. The molecule has 2 nitrogen and oxygen atoms in total. The number of thiazole rings is 1. The predicted octanol–water partition coefficient (Wildman–Crippen LogP) is 10.1. The number of aromatic nitrogens is 1. The summed E-state index contributed by atoms with van der Waals surface area (Å²) in [5, 5.41) is 9.83. The quantitative estimate of drug-likeness (QED) is 0.0697. The second-order valence-corrected chi connectivity index (χ2v) is 30.2. The summed E-state index contributed by atoms with van der Waals surface area (Å²) in [6.07, 6.45) is 3.89. The van der Waals surface area contributed by atoms with Crippen molar-refractivity contribution in [1.29, 1.82) is 0 Å². The van der Waals surface area contributed by atoms with E-state index in [4.69, 9.17) is 9.41 Å². The number of benzene rings is 5. The number of hydrogen-bond donors (Lipinski definition) is 0. The number of halogens is 1. The fourth-order valence-corrected chi connectivity index (χ4v) is 21.3. The third kappa shape index (κ3) is 7.00. The Balaban J connectivity index is 1.58. The molecule has 0 radical (unpaired) electrons. The van der Waals surface area contributed by atoms with Crippen molar-refractivity contribution >= 4 is 78.3 Å². The van der Waals surface area contributed by atoms with Gasteiger partial charge in [-0.3, -0.25) is 0 Å². The van der Waals surface area contributed by atoms with Gasteiger partial charge in [-0.2, -0.15) is 0 Å². The maximum atomic E-state index is 8.03. The van der Waals surface area contributed by atoms with E-state index in [0.29, 0.717) is 0 Å². The molecule has 1 atom stereocenters. The van der Waals surface area contributed by atoms with Gasteiger partial charge in [-0.1, -0.05) is 0 Å². The number of nitrogens with zero attached hydrogens (tertiary/aromatic N) is 1. The van der Waals surface area contributed by atoms with Gasteiger partial charge in [-0.25, -0.2) is 0 Å². The average molecular weight is 824 g/mol. The van der Waals surface area contributed by atoms with Crippen LogP contribution in [0.3, 0.4) is 0 Å². The average Bonchev–Trinajstić information content (AvgIpc) is 3.56. The summed E-state index contributed by atoms with van der Waals surface area (Å²) < 4.78 is 4.96. The Labute approximate surface area is 317 Å². The van der Waals surface area contributed by atoms with Crippen LogP contribution in [0.2, 0.25) is 5.04 Å². The first-order valence-electron chi connectivity index (χ1n) is 17.3. The van der Waals surface area contributed by atoms with Gasteiger partial charge in [-0.15, -0.1) is 0 Å². The van der Waals surface area contributed by atoms with Gasteiger partial charge < -0.3 is 0 Å². The first-order valence-corrected chi connectivity index (χ1v) is 25.3. The summed E-state index contributed by atoms with van der Waals surface area (Å²) >= 11 is 4.62. The predicted molar refractivity (Wildman–Crippen MR) is 232 cm³/mol. The molecule has 0 aliphatic heterocycles. The second-order valence-electron chi connectivity index (χ2n) is 14.2. The molecule has 6 aromatic rings. The number of hydrogen-bond acceptors (Lipinski definition) is 3. The molecule has 0 fully saturated rings. The number of rotatable bonds is 12. The van der Waals surface area contributed by atoms with Crippen molar-refractivity contribution in [2.75, 3.05) is 6.16 Å². The zero-order chi connectivity index (χ0) is 35.3. The molecule has 50 heavy (non-hydrogen) atoms. The van der Waals surface area contributed by atoms with Crippen molar-refractivity contribution in [3.8, 4) is 0 Å². The van der Waals surface area contributed by atoms with Gasteiger partial charge in [0, 0.05) is 0 Å². The SMILES string of the molecule is C/C(=C\c1csc(C)n1)[C@H](CCP(I)(c1ccccc1)(c1ccccc1)c1ccccc1)O[Si](c1ccccc1)(c1ccccc1)C(C)(C)C. The summed E-state index contributed by atoms with van der Waals surface area (Å²) in [7, 11) is -2.89. The Morgan fingerprint density at radius 2 is 1.12 bits per heavy atom. The molecule has 0 saturated carbocycles. The molecule has 0 N–H and O–H groups in total. The first-order chi connectivity index (χ1) is 24.1. The summed E-state index contributed by atoms with van der Waals surface area (Å²) in [4.78, 5) is 4.86. The van der Waals surface area contributed by atoms with E-state index < -0.39 is 12.6 Å². The first kappa shape index (κ1) is 36.6. The van der Waals surface area contributed by atoms with Crippen LogP contribution < -0.4 is 26.3 Å². The molecular formula is C44H47INOPSSi. The van der Waals surface area contributed by atoms with Crippen LogP contribution in [-0.2, 0) is 4.43 Å². The molecule has 5 aromatic carbocycles. The minimum atomic E-state index is -3.07. The van der Waals surface area contributed by atoms with Crippen LogP contribution in [0.4, 0.5) is 0 Å². The maximum absolute atomic E-state index is 8.03. The van der Waals surface area contributed by atoms with Crippen molar-refractivity contribution in [2.45, 2.75) is 52.2 Å². The molecule has 1 heterocycles. The van der Waals surface area contributed by atoms with Gasteiger partial charge in [0.05, 0.1) is 0 Å². The Morgan fingerprint density at radius 1 is 0.720 bits per heavy atom. The molecule has 1 aromatic heterocycles. The van der Waals surface area contributed by atoms with E-state index in [-0.39, 0.29) is 11.1 Å². The second kappa shape index (κ2) is 15.2. The van der Waals surface area contributed by atoms with E-state index in [9.17, 15) is 0 Å². The zero-order valence-electron chi connectivity index (χ0n) is 29.7. The van der Waals surface area contributed by atoms with E-state index in [1.807, 2.05) is 0 Å². The fourth-order valence-electron chi connectivity index (χ4n) is 7.47. The molecule has 0 aliphatic rings. The topological polar surface area (TPSA) is 22.1 Å². The third-order valence-electron chi connectivity index (χ3n) is 9.95. The molecule has 6 heteroatoms. The van der Waals surface area contributed by atoms with Crippen LogP contribution in [0, 0.1) is 6.92 Å². The summed E-state index contributed by atoms with van der Waals surface area (Å²) in [6, 6.07) is 55.8. The molecule has 256 valence electrons. The normalized spacial score (nSPS) is 14.1. The summed E-state index contributed by atoms with van der Waals surface area (Å²) in [5.41, 5.74) is 2.21. The van der Waals surface area contributed by atoms with Crippen molar-refractivity contribution in [3.63, 3.8) is 0 Å². The van der Waals surface area contributed by atoms with Gasteiger partial charge in [-0.05, 0) is 0 Å². The van der Waals surface area contributed by atoms with Crippen LogP contribution in [0.15, 0.2) is 163 Å². The Morgan fingerprint density at radius 3 is 1.48 bits per heavy atom. The monoisotopic (exact) mass is 823 g/mol. The molecule has 0 aliphatic carbocycles. The summed E-state index contributed by atoms with van der Waals surface area (Å²) in [5.74, 6) is 0. The molecule has 0 bridgehead atoms. The number of aryl methyl sites for hydroxylation is 1. The van der Waals surface area contributed by atoms with Crippen LogP contribution in [0.1, 0.15) is 44.8 Å². The van der Waals surface area contributed by atoms with Gasteiger partial charge in [0.15, 0.2) is 0 Å². The van der Waals surface area contributed by atoms with Crippen molar-refractivity contribution < 1.29 is 4.43 Å². The van der Waals surface area contributed by atoms with E-state index >= 15 is 0 Å². The minimum absolute atomic E-state index is 0.153. The van der Waals surface area contributed by atoms with Crippen LogP contribution in [-0.4, -0.2) is 25.6 Å². The molecule has 0 amide bonds. The van der Waals surface area contributed by atoms with Crippen LogP contribution in [0.25, 0.3) is 6.08 Å². The fraction of sp³-hybridized carbons (Fsp3) is 0.205. The van der Waals surface area contributed by atoms with E-state index in [1.54, 1.807) is 11.3 Å². The van der Waals surface area contributed by atoms with Crippen molar-refractivity contribution in [1.82, 2.24) is 4.98 Å². The molecule has 0 unspecified atom stereocenters. The summed E-state index contributed by atoms with van der Waals surface area (Å²) in [6.45, 7) is 11.4. The van der Waals surface area contributed by atoms with Gasteiger partial charge in [0.25, 0.3) is 0 Å². The Hall–Kier alpha value is -3.19. The van der Waals surface area contributed by atoms with Crippen molar-refractivity contribution in [3.05, 3.63) is 173 Å². The van der Waals surface area contributed by atoms with Crippen LogP contribution >= 0.6 is 37.6 Å². The van der Waals surface area contributed by atoms with Gasteiger partial charge >= 0.3 is 319 Å². The third-order valence-corrected chi connectivity index (χ3v) is 27.5. The van der Waals surface area contributed by atoms with E-state index in [2.05, 4.69) is 220 Å². The van der Waals surface area contributed by atoms with Gasteiger partial charge in [0.2, 0.25) is 0 Å². The molecule has 6 rings (SSSR count). The Kier molecular flexibility index (Phi) is 11.1. The molecule has 0 spiro atoms. The van der Waals surface area contributed by atoms with E-state index in [1.165, 1.54) is 31.9 Å². The molecule has 0 saturated heterocycles. The Bertz CT molecular complexity index is 1870. The molecular weight excluding hydrogens is 777 g/mol. The van der Waals surface area contributed by atoms with Crippen LogP contribution in [0.5, 0.6) is 0 Å².